The Balaban J connectivity index is 2.33. The smallest absolute Gasteiger partial charge is 0.315 e. The lowest BCUT2D eigenvalue weighted by atomic mass is 10.1. The highest BCUT2D eigenvalue weighted by Crippen LogP contribution is 2.02. The van der Waals surface area contributed by atoms with E-state index in [1.807, 2.05) is 6.07 Å². The number of nitriles is 1. The van der Waals surface area contributed by atoms with E-state index >= 15 is 0 Å². The van der Waals surface area contributed by atoms with Crippen molar-refractivity contribution >= 4 is 12.0 Å². The molecule has 1 rings (SSSR count). The van der Waals surface area contributed by atoms with E-state index in [4.69, 9.17) is 10.4 Å². The van der Waals surface area contributed by atoms with Gasteiger partial charge in [-0.25, -0.2) is 4.79 Å². The lowest BCUT2D eigenvalue weighted by Gasteiger charge is -2.09. The van der Waals surface area contributed by atoms with Gasteiger partial charge in [0, 0.05) is 13.1 Å². The fourth-order valence-corrected chi connectivity index (χ4v) is 1.28. The maximum absolute atomic E-state index is 11.4. The highest BCUT2D eigenvalue weighted by atomic mass is 16.4. The number of nitrogens with one attached hydrogen (secondary N) is 2. The second-order valence-corrected chi connectivity index (χ2v) is 4.11. The molecule has 0 aliphatic carbocycles. The molecule has 1 aromatic carbocycles. The second-order valence-electron chi connectivity index (χ2n) is 4.11. The van der Waals surface area contributed by atoms with Crippen LogP contribution in [0.15, 0.2) is 24.3 Å². The summed E-state index contributed by atoms with van der Waals surface area (Å²) in [6.07, 6.45) is 0. The van der Waals surface area contributed by atoms with Crippen LogP contribution in [0.2, 0.25) is 0 Å². The van der Waals surface area contributed by atoms with Gasteiger partial charge in [-0.2, -0.15) is 5.26 Å². The van der Waals surface area contributed by atoms with E-state index in [-0.39, 0.29) is 6.54 Å². The highest BCUT2D eigenvalue weighted by Gasteiger charge is 2.11. The van der Waals surface area contributed by atoms with Crippen LogP contribution in [0, 0.1) is 17.2 Å². The molecule has 1 atom stereocenters. The lowest BCUT2D eigenvalue weighted by molar-refractivity contribution is -0.140. The van der Waals surface area contributed by atoms with Gasteiger partial charge in [-0.1, -0.05) is 19.1 Å². The van der Waals surface area contributed by atoms with Gasteiger partial charge in [-0.3, -0.25) is 4.79 Å². The first-order chi connectivity index (χ1) is 9.02. The molecule has 1 aromatic rings. The third kappa shape index (κ3) is 5.08. The number of carboxylic acids is 1. The summed E-state index contributed by atoms with van der Waals surface area (Å²) in [6.45, 7) is 1.91. The van der Waals surface area contributed by atoms with Gasteiger partial charge in [0.05, 0.1) is 17.6 Å². The SMILES string of the molecule is CC(CNC(=O)NCc1ccc(C#N)cc1)C(=O)O. The van der Waals surface area contributed by atoms with Crippen molar-refractivity contribution in [1.82, 2.24) is 10.6 Å². The predicted octanol–water partition coefficient (Wildman–Crippen LogP) is 1.08. The van der Waals surface area contributed by atoms with Crippen molar-refractivity contribution in [2.75, 3.05) is 6.54 Å². The molecule has 3 N–H and O–H groups in total. The Labute approximate surface area is 111 Å². The Morgan fingerprint density at radius 3 is 2.47 bits per heavy atom. The quantitative estimate of drug-likeness (QED) is 0.738. The standard InChI is InChI=1S/C13H15N3O3/c1-9(12(17)18)7-15-13(19)16-8-11-4-2-10(6-14)3-5-11/h2-5,9H,7-8H2,1H3,(H,17,18)(H2,15,16,19). The van der Waals surface area contributed by atoms with Crippen LogP contribution < -0.4 is 10.6 Å². The Morgan fingerprint density at radius 2 is 1.95 bits per heavy atom. The van der Waals surface area contributed by atoms with Gasteiger partial charge in [0.15, 0.2) is 0 Å². The number of carbonyl (C=O) groups is 2. The highest BCUT2D eigenvalue weighted by molar-refractivity contribution is 5.75. The molecule has 6 heteroatoms. The molecule has 0 aliphatic heterocycles. The van der Waals surface area contributed by atoms with E-state index in [2.05, 4.69) is 10.6 Å². The molecule has 2 amide bonds. The van der Waals surface area contributed by atoms with Gasteiger partial charge < -0.3 is 15.7 Å². The molecule has 19 heavy (non-hydrogen) atoms. The number of rotatable bonds is 5. The molecule has 1 unspecified atom stereocenters. The number of hydrogen-bond acceptors (Lipinski definition) is 3. The van der Waals surface area contributed by atoms with Crippen LogP contribution in [-0.4, -0.2) is 23.7 Å². The topological polar surface area (TPSA) is 102 Å². The number of benzene rings is 1. The van der Waals surface area contributed by atoms with Crippen LogP contribution in [0.3, 0.4) is 0 Å². The van der Waals surface area contributed by atoms with E-state index in [0.29, 0.717) is 12.1 Å². The summed E-state index contributed by atoms with van der Waals surface area (Å²) in [6, 6.07) is 8.42. The van der Waals surface area contributed by atoms with Crippen LogP contribution in [0.4, 0.5) is 4.79 Å². The molecule has 0 spiro atoms. The van der Waals surface area contributed by atoms with Crippen molar-refractivity contribution in [1.29, 1.82) is 5.26 Å². The van der Waals surface area contributed by atoms with Crippen molar-refractivity contribution < 1.29 is 14.7 Å². The van der Waals surface area contributed by atoms with Crippen LogP contribution in [-0.2, 0) is 11.3 Å². The molecular formula is C13H15N3O3. The van der Waals surface area contributed by atoms with Crippen molar-refractivity contribution in [3.8, 4) is 6.07 Å². The van der Waals surface area contributed by atoms with E-state index in [1.165, 1.54) is 6.92 Å². The van der Waals surface area contributed by atoms with Crippen LogP contribution >= 0.6 is 0 Å². The monoisotopic (exact) mass is 261 g/mol. The molecule has 0 aromatic heterocycles. The van der Waals surface area contributed by atoms with Crippen molar-refractivity contribution in [2.45, 2.75) is 13.5 Å². The van der Waals surface area contributed by atoms with Crippen molar-refractivity contribution in [2.24, 2.45) is 5.92 Å². The van der Waals surface area contributed by atoms with Crippen LogP contribution in [0.1, 0.15) is 18.1 Å². The minimum atomic E-state index is -0.951. The van der Waals surface area contributed by atoms with Gasteiger partial charge >= 0.3 is 12.0 Å². The second kappa shape index (κ2) is 7.01. The fourth-order valence-electron chi connectivity index (χ4n) is 1.28. The molecule has 0 heterocycles. The van der Waals surface area contributed by atoms with Crippen molar-refractivity contribution in [3.63, 3.8) is 0 Å². The first-order valence-electron chi connectivity index (χ1n) is 5.76. The molecule has 0 bridgehead atoms. The number of amides is 2. The Bertz CT molecular complexity index is 491. The lowest BCUT2D eigenvalue weighted by Crippen LogP contribution is -2.38. The zero-order valence-corrected chi connectivity index (χ0v) is 10.5. The third-order valence-corrected chi connectivity index (χ3v) is 2.53. The predicted molar refractivity (Wildman–Crippen MR) is 68.2 cm³/mol. The fraction of sp³-hybridized carbons (Fsp3) is 0.308. The minimum Gasteiger partial charge on any atom is -0.481 e. The Hall–Kier alpha value is -2.55. The van der Waals surface area contributed by atoms with Gasteiger partial charge in [-0.15, -0.1) is 0 Å². The maximum Gasteiger partial charge on any atom is 0.315 e. The number of carboxylic acid groups (broad SMARTS) is 1. The molecule has 0 saturated carbocycles. The first kappa shape index (κ1) is 14.5. The van der Waals surface area contributed by atoms with Gasteiger partial charge in [0.2, 0.25) is 0 Å². The minimum absolute atomic E-state index is 0.0779. The number of urea groups is 1. The zero-order chi connectivity index (χ0) is 14.3. The summed E-state index contributed by atoms with van der Waals surface area (Å²) in [5, 5.41) is 22.4. The third-order valence-electron chi connectivity index (χ3n) is 2.53. The van der Waals surface area contributed by atoms with Gasteiger partial charge in [0.1, 0.15) is 0 Å². The summed E-state index contributed by atoms with van der Waals surface area (Å²) >= 11 is 0. The van der Waals surface area contributed by atoms with E-state index < -0.39 is 17.9 Å². The Morgan fingerprint density at radius 1 is 1.32 bits per heavy atom. The van der Waals surface area contributed by atoms with Gasteiger partial charge in [0.25, 0.3) is 0 Å². The average Bonchev–Trinajstić information content (AvgIpc) is 2.42. The molecule has 6 nitrogen and oxygen atoms in total. The van der Waals surface area contributed by atoms with Crippen molar-refractivity contribution in [3.05, 3.63) is 35.4 Å². The van der Waals surface area contributed by atoms with E-state index in [1.54, 1.807) is 24.3 Å². The summed E-state index contributed by atoms with van der Waals surface area (Å²) in [4.78, 5) is 22.0. The molecule has 0 saturated heterocycles. The maximum atomic E-state index is 11.4. The summed E-state index contributed by atoms with van der Waals surface area (Å²) < 4.78 is 0. The van der Waals surface area contributed by atoms with E-state index in [0.717, 1.165) is 5.56 Å². The molecule has 0 radical (unpaired) electrons. The first-order valence-corrected chi connectivity index (χ1v) is 5.76. The number of carbonyl (C=O) groups excluding carboxylic acids is 1. The van der Waals surface area contributed by atoms with Crippen LogP contribution in [0.5, 0.6) is 0 Å². The zero-order valence-electron chi connectivity index (χ0n) is 10.5. The molecule has 0 fully saturated rings. The number of aliphatic carboxylic acids is 1. The van der Waals surface area contributed by atoms with E-state index in [9.17, 15) is 9.59 Å². The molecule has 0 aliphatic rings. The number of nitrogens with zero attached hydrogens (tertiary/aromatic N) is 1. The summed E-state index contributed by atoms with van der Waals surface area (Å²) in [5.74, 6) is -1.58. The molecule has 100 valence electrons. The number of hydrogen-bond donors (Lipinski definition) is 3. The molecular weight excluding hydrogens is 246 g/mol. The summed E-state index contributed by atoms with van der Waals surface area (Å²) in [5.41, 5.74) is 1.42. The van der Waals surface area contributed by atoms with Gasteiger partial charge in [-0.05, 0) is 17.7 Å². The largest absolute Gasteiger partial charge is 0.481 e. The normalized spacial score (nSPS) is 11.2. The summed E-state index contributed by atoms with van der Waals surface area (Å²) in [7, 11) is 0. The van der Waals surface area contributed by atoms with Crippen LogP contribution in [0.25, 0.3) is 0 Å². The Kier molecular flexibility index (Phi) is 5.35. The average molecular weight is 261 g/mol.